The van der Waals surface area contributed by atoms with Crippen molar-refractivity contribution < 1.29 is 19.1 Å². The van der Waals surface area contributed by atoms with Crippen LogP contribution in [0.3, 0.4) is 0 Å². The Hall–Kier alpha value is -3.81. The number of benzene rings is 2. The average Bonchev–Trinajstić information content (AvgIpc) is 3.40. The first-order chi connectivity index (χ1) is 16.6. The van der Waals surface area contributed by atoms with Crippen LogP contribution in [0.5, 0.6) is 11.5 Å². The van der Waals surface area contributed by atoms with Gasteiger partial charge in [-0.2, -0.15) is 5.10 Å². The van der Waals surface area contributed by atoms with Gasteiger partial charge in [0.05, 0.1) is 20.8 Å². The summed E-state index contributed by atoms with van der Waals surface area (Å²) in [5, 5.41) is 7.26. The molecule has 0 bridgehead atoms. The number of hydrogen-bond acceptors (Lipinski definition) is 5. The molecular weight excluding hydrogens is 432 g/mol. The van der Waals surface area contributed by atoms with Gasteiger partial charge in [-0.05, 0) is 42.2 Å². The quantitative estimate of drug-likeness (QED) is 0.556. The number of carbonyl (C=O) groups excluding carboxylic acids is 2. The lowest BCUT2D eigenvalue weighted by Crippen LogP contribution is -2.42. The fraction of sp³-hybridized carbons (Fsp3) is 0.346. The highest BCUT2D eigenvalue weighted by Gasteiger charge is 2.28. The first-order valence-corrected chi connectivity index (χ1v) is 11.4. The van der Waals surface area contributed by atoms with Gasteiger partial charge in [0.25, 0.3) is 5.91 Å². The van der Waals surface area contributed by atoms with Crippen molar-refractivity contribution in [1.29, 1.82) is 0 Å². The van der Waals surface area contributed by atoms with Crippen molar-refractivity contribution in [3.8, 4) is 11.5 Å². The van der Waals surface area contributed by atoms with Crippen LogP contribution < -0.4 is 14.8 Å². The largest absolute Gasteiger partial charge is 0.497 e. The van der Waals surface area contributed by atoms with Crippen molar-refractivity contribution in [1.82, 2.24) is 20.0 Å². The van der Waals surface area contributed by atoms with Crippen LogP contribution in [0.15, 0.2) is 60.9 Å². The molecule has 178 valence electrons. The molecule has 3 aromatic rings. The summed E-state index contributed by atoms with van der Waals surface area (Å²) in [6.45, 7) is 2.29. The van der Waals surface area contributed by atoms with Gasteiger partial charge in [0.15, 0.2) is 0 Å². The predicted octanol–water partition coefficient (Wildman–Crippen LogP) is 3.12. The molecule has 1 aliphatic rings. The van der Waals surface area contributed by atoms with Gasteiger partial charge in [0.2, 0.25) is 5.91 Å². The third-order valence-corrected chi connectivity index (χ3v) is 6.14. The molecule has 0 saturated carbocycles. The highest BCUT2D eigenvalue weighted by molar-refractivity contribution is 5.95. The van der Waals surface area contributed by atoms with Crippen LogP contribution >= 0.6 is 0 Å². The van der Waals surface area contributed by atoms with Crippen molar-refractivity contribution in [3.05, 3.63) is 77.6 Å². The summed E-state index contributed by atoms with van der Waals surface area (Å²) in [6, 6.07) is 15.2. The lowest BCUT2D eigenvalue weighted by atomic mass is 9.95. The molecule has 34 heavy (non-hydrogen) atoms. The minimum Gasteiger partial charge on any atom is -0.497 e. The van der Waals surface area contributed by atoms with Crippen LogP contribution in [0.4, 0.5) is 0 Å². The molecule has 8 heteroatoms. The van der Waals surface area contributed by atoms with E-state index in [1.54, 1.807) is 43.5 Å². The summed E-state index contributed by atoms with van der Waals surface area (Å²) in [7, 11) is 3.12. The predicted molar refractivity (Wildman–Crippen MR) is 128 cm³/mol. The Bertz CT molecular complexity index is 1080. The molecule has 4 rings (SSSR count). The van der Waals surface area contributed by atoms with E-state index >= 15 is 0 Å². The first kappa shape index (κ1) is 23.4. The molecule has 1 aromatic heterocycles. The lowest BCUT2D eigenvalue weighted by Gasteiger charge is -2.31. The fourth-order valence-electron chi connectivity index (χ4n) is 4.14. The topological polar surface area (TPSA) is 85.7 Å². The number of likely N-dealkylation sites (tertiary alicyclic amines) is 1. The van der Waals surface area contributed by atoms with E-state index in [0.29, 0.717) is 49.5 Å². The number of ether oxygens (including phenoxy) is 2. The van der Waals surface area contributed by atoms with Gasteiger partial charge in [-0.1, -0.05) is 24.3 Å². The average molecular weight is 463 g/mol. The Balaban J connectivity index is 1.25. The Kier molecular flexibility index (Phi) is 7.47. The zero-order chi connectivity index (χ0) is 23.9. The Morgan fingerprint density at radius 3 is 2.24 bits per heavy atom. The number of nitrogens with zero attached hydrogens (tertiary/aromatic N) is 3. The van der Waals surface area contributed by atoms with Gasteiger partial charge in [-0.3, -0.25) is 14.3 Å². The summed E-state index contributed by atoms with van der Waals surface area (Å²) in [5.74, 6) is 1.02. The number of nitrogens with one attached hydrogen (secondary N) is 1. The zero-order valence-electron chi connectivity index (χ0n) is 19.6. The molecule has 2 heterocycles. The monoisotopic (exact) mass is 462 g/mol. The molecule has 1 saturated heterocycles. The molecule has 1 aliphatic heterocycles. The van der Waals surface area contributed by atoms with Crippen LogP contribution in [0.1, 0.15) is 34.3 Å². The number of amides is 2. The highest BCUT2D eigenvalue weighted by atomic mass is 16.5. The molecule has 0 atom stereocenters. The van der Waals surface area contributed by atoms with Crippen LogP contribution in [-0.2, 0) is 17.9 Å². The van der Waals surface area contributed by atoms with E-state index in [1.807, 2.05) is 29.1 Å². The Morgan fingerprint density at radius 2 is 1.65 bits per heavy atom. The van der Waals surface area contributed by atoms with Gasteiger partial charge in [0, 0.05) is 49.6 Å². The molecule has 0 radical (unpaired) electrons. The van der Waals surface area contributed by atoms with E-state index < -0.39 is 0 Å². The number of rotatable bonds is 8. The molecule has 2 aromatic carbocycles. The maximum Gasteiger partial charge on any atom is 0.254 e. The van der Waals surface area contributed by atoms with Gasteiger partial charge < -0.3 is 19.7 Å². The summed E-state index contributed by atoms with van der Waals surface area (Å²) >= 11 is 0. The maximum absolute atomic E-state index is 13.0. The summed E-state index contributed by atoms with van der Waals surface area (Å²) < 4.78 is 12.4. The first-order valence-electron chi connectivity index (χ1n) is 11.4. The molecule has 0 spiro atoms. The summed E-state index contributed by atoms with van der Waals surface area (Å²) in [4.78, 5) is 27.5. The Morgan fingerprint density at radius 1 is 1.00 bits per heavy atom. The summed E-state index contributed by atoms with van der Waals surface area (Å²) in [5.41, 5.74) is 2.73. The minimum absolute atomic E-state index is 0.0377. The maximum atomic E-state index is 13.0. The van der Waals surface area contributed by atoms with Gasteiger partial charge in [-0.25, -0.2) is 0 Å². The molecule has 2 amide bonds. The van der Waals surface area contributed by atoms with E-state index in [9.17, 15) is 9.59 Å². The van der Waals surface area contributed by atoms with Gasteiger partial charge >= 0.3 is 0 Å². The third kappa shape index (κ3) is 5.75. The van der Waals surface area contributed by atoms with E-state index in [0.717, 1.165) is 17.7 Å². The fourth-order valence-corrected chi connectivity index (χ4v) is 4.14. The number of hydrogen-bond donors (Lipinski definition) is 1. The lowest BCUT2D eigenvalue weighted by molar-refractivity contribution is -0.126. The van der Waals surface area contributed by atoms with Crippen molar-refractivity contribution in [2.24, 2.45) is 5.92 Å². The van der Waals surface area contributed by atoms with Crippen LogP contribution in [0.2, 0.25) is 0 Å². The van der Waals surface area contributed by atoms with Gasteiger partial charge in [0.1, 0.15) is 11.5 Å². The minimum atomic E-state index is -0.0945. The van der Waals surface area contributed by atoms with E-state index in [2.05, 4.69) is 22.5 Å². The van der Waals surface area contributed by atoms with Crippen molar-refractivity contribution in [2.75, 3.05) is 27.3 Å². The second-order valence-corrected chi connectivity index (χ2v) is 8.41. The van der Waals surface area contributed by atoms with Crippen LogP contribution in [0, 0.1) is 5.92 Å². The number of piperidine rings is 1. The van der Waals surface area contributed by atoms with Crippen molar-refractivity contribution in [2.45, 2.75) is 25.9 Å². The second kappa shape index (κ2) is 10.9. The molecule has 8 nitrogen and oxygen atoms in total. The summed E-state index contributed by atoms with van der Waals surface area (Å²) in [6.07, 6.45) is 4.98. The zero-order valence-corrected chi connectivity index (χ0v) is 19.6. The SMILES string of the molecule is COc1cc(OC)cc(C(=O)N2CCC(C(=O)NCc3ccc(Cn4cccn4)cc3)CC2)c1. The smallest absolute Gasteiger partial charge is 0.254 e. The van der Waals surface area contributed by atoms with E-state index in [1.165, 1.54) is 0 Å². The number of methoxy groups -OCH3 is 2. The molecule has 1 N–H and O–H groups in total. The van der Waals surface area contributed by atoms with Crippen LogP contribution in [-0.4, -0.2) is 53.8 Å². The van der Waals surface area contributed by atoms with E-state index in [4.69, 9.17) is 9.47 Å². The molecule has 0 aliphatic carbocycles. The number of carbonyl (C=O) groups is 2. The molecule has 1 fully saturated rings. The van der Waals surface area contributed by atoms with Crippen LogP contribution in [0.25, 0.3) is 0 Å². The van der Waals surface area contributed by atoms with Crippen molar-refractivity contribution in [3.63, 3.8) is 0 Å². The van der Waals surface area contributed by atoms with Crippen molar-refractivity contribution >= 4 is 11.8 Å². The third-order valence-electron chi connectivity index (χ3n) is 6.14. The normalized spacial score (nSPS) is 14.0. The molecule has 0 unspecified atom stereocenters. The molecular formula is C26H30N4O4. The second-order valence-electron chi connectivity index (χ2n) is 8.41. The Labute approximate surface area is 199 Å². The van der Waals surface area contributed by atoms with E-state index in [-0.39, 0.29) is 17.7 Å². The number of aromatic nitrogens is 2. The standard InChI is InChI=1S/C26H30N4O4/c1-33-23-14-22(15-24(16-23)34-2)26(32)29-12-8-21(9-13-29)25(31)27-17-19-4-6-20(7-5-19)18-30-11-3-10-28-30/h3-7,10-11,14-16,21H,8-9,12-13,17-18H2,1-2H3,(H,27,31). The van der Waals surface area contributed by atoms with Gasteiger partial charge in [-0.15, -0.1) is 0 Å². The highest BCUT2D eigenvalue weighted by Crippen LogP contribution is 2.25.